The third-order valence-electron chi connectivity index (χ3n) is 2.88. The van der Waals surface area contributed by atoms with E-state index in [0.717, 1.165) is 6.42 Å². The van der Waals surface area contributed by atoms with Crippen LogP contribution in [0.5, 0.6) is 0 Å². The highest BCUT2D eigenvalue weighted by Gasteiger charge is 2.29. The first-order valence-electron chi connectivity index (χ1n) is 6.51. The maximum atomic E-state index is 10.9. The van der Waals surface area contributed by atoms with Gasteiger partial charge in [0.15, 0.2) is 0 Å². The topological polar surface area (TPSA) is 141 Å². The lowest BCUT2D eigenvalue weighted by atomic mass is 10.0. The van der Waals surface area contributed by atoms with Gasteiger partial charge in [-0.1, -0.05) is 6.92 Å². The van der Waals surface area contributed by atoms with Gasteiger partial charge in [-0.15, -0.1) is 0 Å². The molecule has 0 aliphatic carbocycles. The molecule has 0 aromatic carbocycles. The molecule has 118 valence electrons. The minimum Gasteiger partial charge on any atom is -0.394 e. The lowest BCUT2D eigenvalue weighted by Gasteiger charge is -2.29. The van der Waals surface area contributed by atoms with Gasteiger partial charge in [0.2, 0.25) is 0 Å². The number of aliphatic hydroxyl groups excluding tert-OH is 3. The van der Waals surface area contributed by atoms with Crippen LogP contribution < -0.4 is 10.6 Å². The van der Waals surface area contributed by atoms with Gasteiger partial charge in [0.1, 0.15) is 17.2 Å². The maximum absolute atomic E-state index is 10.9. The van der Waals surface area contributed by atoms with Crippen LogP contribution in [0.4, 0.5) is 17.3 Å². The Balaban J connectivity index is 3.09. The summed E-state index contributed by atoms with van der Waals surface area (Å²) in [6, 6.07) is 2.46. The number of anilines is 2. The molecule has 0 atom stereocenters. The molecule has 21 heavy (non-hydrogen) atoms. The van der Waals surface area contributed by atoms with Gasteiger partial charge in [-0.2, -0.15) is 0 Å². The van der Waals surface area contributed by atoms with Crippen LogP contribution in [0.1, 0.15) is 13.3 Å². The Morgan fingerprint density at radius 2 is 1.81 bits per heavy atom. The van der Waals surface area contributed by atoms with Crippen molar-refractivity contribution < 1.29 is 20.2 Å². The average molecular weight is 300 g/mol. The summed E-state index contributed by atoms with van der Waals surface area (Å²) >= 11 is 0. The number of hydrogen-bond donors (Lipinski definition) is 5. The molecule has 0 aliphatic rings. The van der Waals surface area contributed by atoms with Crippen molar-refractivity contribution in [2.45, 2.75) is 18.9 Å². The average Bonchev–Trinajstić information content (AvgIpc) is 2.50. The van der Waals surface area contributed by atoms with Crippen LogP contribution in [0.2, 0.25) is 0 Å². The summed E-state index contributed by atoms with van der Waals surface area (Å²) in [4.78, 5) is 14.5. The van der Waals surface area contributed by atoms with Gasteiger partial charge in [-0.25, -0.2) is 4.98 Å². The second kappa shape index (κ2) is 7.72. The van der Waals surface area contributed by atoms with Crippen LogP contribution in [-0.4, -0.2) is 57.1 Å². The van der Waals surface area contributed by atoms with E-state index in [4.69, 9.17) is 0 Å². The first-order chi connectivity index (χ1) is 10.00. The van der Waals surface area contributed by atoms with Crippen molar-refractivity contribution in [2.75, 3.05) is 37.0 Å². The fourth-order valence-electron chi connectivity index (χ4n) is 1.57. The van der Waals surface area contributed by atoms with Crippen molar-refractivity contribution in [1.29, 1.82) is 0 Å². The molecule has 0 spiro atoms. The van der Waals surface area contributed by atoms with Crippen molar-refractivity contribution in [3.8, 4) is 0 Å². The molecule has 1 aromatic rings. The number of aliphatic hydroxyl groups is 3. The summed E-state index contributed by atoms with van der Waals surface area (Å²) in [7, 11) is 0. The summed E-state index contributed by atoms with van der Waals surface area (Å²) in [5.41, 5.74) is -1.58. The SMILES string of the molecule is CCCNc1cc([N+](=O)[O-])cc(NC(CO)(CO)CO)n1. The van der Waals surface area contributed by atoms with Gasteiger partial charge >= 0.3 is 0 Å². The Bertz CT molecular complexity index is 470. The highest BCUT2D eigenvalue weighted by Crippen LogP contribution is 2.23. The Labute approximate surface area is 121 Å². The van der Waals surface area contributed by atoms with Gasteiger partial charge < -0.3 is 26.0 Å². The lowest BCUT2D eigenvalue weighted by molar-refractivity contribution is -0.384. The third-order valence-corrected chi connectivity index (χ3v) is 2.88. The van der Waals surface area contributed by atoms with E-state index in [-0.39, 0.29) is 11.5 Å². The van der Waals surface area contributed by atoms with Crippen molar-refractivity contribution in [3.63, 3.8) is 0 Å². The lowest BCUT2D eigenvalue weighted by Crippen LogP contribution is -2.49. The van der Waals surface area contributed by atoms with Gasteiger partial charge in [0, 0.05) is 6.54 Å². The normalized spacial score (nSPS) is 11.2. The quantitative estimate of drug-likeness (QED) is 0.315. The summed E-state index contributed by atoms with van der Waals surface area (Å²) in [6.07, 6.45) is 0.820. The van der Waals surface area contributed by atoms with Crippen LogP contribution in [0.3, 0.4) is 0 Å². The predicted octanol–water partition coefficient (Wildman–Crippen LogP) is -0.0607. The molecule has 1 rings (SSSR count). The predicted molar refractivity (Wildman–Crippen MR) is 77.3 cm³/mol. The molecule has 0 radical (unpaired) electrons. The smallest absolute Gasteiger partial charge is 0.276 e. The second-order valence-corrected chi connectivity index (χ2v) is 4.66. The Kier molecular flexibility index (Phi) is 6.28. The standard InChI is InChI=1S/C12H20N4O5/c1-2-3-13-10-4-9(16(20)21)5-11(14-10)15-12(6-17,7-18)8-19/h4-5,17-19H,2-3,6-8H2,1H3,(H2,13,14,15). The first kappa shape index (κ1) is 17.1. The molecule has 0 saturated carbocycles. The molecule has 9 heteroatoms. The molecular formula is C12H20N4O5. The van der Waals surface area contributed by atoms with E-state index in [1.54, 1.807) is 0 Å². The number of rotatable bonds is 9. The minimum atomic E-state index is -1.40. The molecule has 5 N–H and O–H groups in total. The van der Waals surface area contributed by atoms with E-state index < -0.39 is 30.3 Å². The number of hydrogen-bond acceptors (Lipinski definition) is 8. The number of aromatic nitrogens is 1. The minimum absolute atomic E-state index is 0.0833. The van der Waals surface area contributed by atoms with Crippen molar-refractivity contribution in [3.05, 3.63) is 22.2 Å². The van der Waals surface area contributed by atoms with Gasteiger partial charge in [0.05, 0.1) is 36.9 Å². The third kappa shape index (κ3) is 4.52. The Hall–Kier alpha value is -1.97. The molecule has 1 heterocycles. The largest absolute Gasteiger partial charge is 0.394 e. The summed E-state index contributed by atoms with van der Waals surface area (Å²) in [6.45, 7) is 0.878. The summed E-state index contributed by atoms with van der Waals surface area (Å²) < 4.78 is 0. The van der Waals surface area contributed by atoms with Crippen molar-refractivity contribution in [1.82, 2.24) is 4.98 Å². The van der Waals surface area contributed by atoms with Crippen molar-refractivity contribution in [2.24, 2.45) is 0 Å². The van der Waals surface area contributed by atoms with E-state index in [1.165, 1.54) is 12.1 Å². The highest BCUT2D eigenvalue weighted by molar-refractivity contribution is 5.55. The molecule has 0 fully saturated rings. The van der Waals surface area contributed by atoms with E-state index in [2.05, 4.69) is 15.6 Å². The molecule has 0 amide bonds. The number of nitrogens with zero attached hydrogens (tertiary/aromatic N) is 2. The molecular weight excluding hydrogens is 280 g/mol. The monoisotopic (exact) mass is 300 g/mol. The zero-order valence-corrected chi connectivity index (χ0v) is 11.7. The number of pyridine rings is 1. The van der Waals surface area contributed by atoms with Crippen molar-refractivity contribution >= 4 is 17.3 Å². The Morgan fingerprint density at radius 1 is 1.24 bits per heavy atom. The molecule has 0 saturated heterocycles. The molecule has 0 bridgehead atoms. The van der Waals surface area contributed by atoms with Crippen LogP contribution in [-0.2, 0) is 0 Å². The van der Waals surface area contributed by atoms with Crippen LogP contribution >= 0.6 is 0 Å². The van der Waals surface area contributed by atoms with E-state index in [1.807, 2.05) is 6.92 Å². The molecule has 0 aliphatic heterocycles. The zero-order chi connectivity index (χ0) is 15.9. The van der Waals surface area contributed by atoms with Crippen LogP contribution in [0, 0.1) is 10.1 Å². The second-order valence-electron chi connectivity index (χ2n) is 4.66. The number of nitrogens with one attached hydrogen (secondary N) is 2. The fourth-order valence-corrected chi connectivity index (χ4v) is 1.57. The fraction of sp³-hybridized carbons (Fsp3) is 0.583. The van der Waals surface area contributed by atoms with E-state index >= 15 is 0 Å². The number of nitro groups is 1. The zero-order valence-electron chi connectivity index (χ0n) is 11.7. The van der Waals surface area contributed by atoms with Gasteiger partial charge in [-0.3, -0.25) is 10.1 Å². The molecule has 9 nitrogen and oxygen atoms in total. The maximum Gasteiger partial charge on any atom is 0.276 e. The van der Waals surface area contributed by atoms with Gasteiger partial charge in [-0.05, 0) is 6.42 Å². The summed E-state index contributed by atoms with van der Waals surface area (Å²) in [5, 5.41) is 44.3. The summed E-state index contributed by atoms with van der Waals surface area (Å²) in [5.74, 6) is 0.385. The van der Waals surface area contributed by atoms with Gasteiger partial charge in [0.25, 0.3) is 5.69 Å². The Morgan fingerprint density at radius 3 is 2.29 bits per heavy atom. The highest BCUT2D eigenvalue weighted by atomic mass is 16.6. The van der Waals surface area contributed by atoms with Crippen LogP contribution in [0.25, 0.3) is 0 Å². The molecule has 0 unspecified atom stereocenters. The molecule has 1 aromatic heterocycles. The first-order valence-corrected chi connectivity index (χ1v) is 6.51. The van der Waals surface area contributed by atoms with E-state index in [0.29, 0.717) is 12.4 Å². The van der Waals surface area contributed by atoms with E-state index in [9.17, 15) is 25.4 Å². The van der Waals surface area contributed by atoms with Crippen LogP contribution in [0.15, 0.2) is 12.1 Å².